The van der Waals surface area contributed by atoms with Gasteiger partial charge in [-0.25, -0.2) is 0 Å². The van der Waals surface area contributed by atoms with E-state index in [4.69, 9.17) is 12.2 Å². The summed E-state index contributed by atoms with van der Waals surface area (Å²) in [5.41, 5.74) is 7.21. The Morgan fingerprint density at radius 2 is 2.18 bits per heavy atom. The van der Waals surface area contributed by atoms with Crippen LogP contribution in [0.15, 0.2) is 24.3 Å². The first-order valence-electron chi connectivity index (χ1n) is 5.79. The summed E-state index contributed by atoms with van der Waals surface area (Å²) >= 11 is 0. The van der Waals surface area contributed by atoms with Crippen LogP contribution in [0.1, 0.15) is 28.8 Å². The third-order valence-electron chi connectivity index (χ3n) is 2.46. The van der Waals surface area contributed by atoms with Crippen molar-refractivity contribution in [2.75, 3.05) is 13.1 Å². The van der Waals surface area contributed by atoms with Crippen molar-refractivity contribution in [2.24, 2.45) is 5.73 Å². The molecular formula is C14H18N2O. The fourth-order valence-corrected chi connectivity index (χ4v) is 1.60. The highest BCUT2D eigenvalue weighted by Gasteiger charge is 2.08. The molecule has 1 aromatic carbocycles. The van der Waals surface area contributed by atoms with Crippen LogP contribution in [0.4, 0.5) is 0 Å². The van der Waals surface area contributed by atoms with Crippen molar-refractivity contribution in [1.29, 1.82) is 0 Å². The van der Waals surface area contributed by atoms with E-state index in [1.165, 1.54) is 0 Å². The predicted molar refractivity (Wildman–Crippen MR) is 69.6 cm³/mol. The molecule has 0 fully saturated rings. The Kier molecular flexibility index (Phi) is 5.84. The summed E-state index contributed by atoms with van der Waals surface area (Å²) in [5.74, 6) is 2.50. The maximum Gasteiger partial charge on any atom is 0.251 e. The summed E-state index contributed by atoms with van der Waals surface area (Å²) in [7, 11) is 0. The van der Waals surface area contributed by atoms with Gasteiger partial charge in [-0.2, -0.15) is 0 Å². The minimum atomic E-state index is -0.0499. The highest BCUT2D eigenvalue weighted by atomic mass is 16.1. The lowest BCUT2D eigenvalue weighted by atomic mass is 10.0. The van der Waals surface area contributed by atoms with Gasteiger partial charge in [0.2, 0.25) is 0 Å². The molecule has 0 saturated carbocycles. The highest BCUT2D eigenvalue weighted by molar-refractivity contribution is 5.95. The molecule has 0 radical (unpaired) electrons. The molecule has 1 aromatic rings. The molecule has 0 aliphatic rings. The average molecular weight is 230 g/mol. The largest absolute Gasteiger partial charge is 0.352 e. The van der Waals surface area contributed by atoms with Crippen LogP contribution in [0.5, 0.6) is 0 Å². The second kappa shape index (κ2) is 7.48. The third-order valence-corrected chi connectivity index (χ3v) is 2.46. The van der Waals surface area contributed by atoms with Crippen LogP contribution in [0.25, 0.3) is 0 Å². The molecule has 3 N–H and O–H groups in total. The Balaban J connectivity index is 2.59. The first-order valence-corrected chi connectivity index (χ1v) is 5.79. The van der Waals surface area contributed by atoms with E-state index < -0.39 is 0 Å². The molecule has 0 heterocycles. The van der Waals surface area contributed by atoms with Gasteiger partial charge in [0, 0.05) is 18.5 Å². The SMILES string of the molecule is C#CCCCNC(=O)c1ccccc1CCN. The van der Waals surface area contributed by atoms with Gasteiger partial charge in [-0.3, -0.25) is 4.79 Å². The number of nitrogens with two attached hydrogens (primary N) is 1. The lowest BCUT2D eigenvalue weighted by Crippen LogP contribution is -2.25. The second-order valence-electron chi connectivity index (χ2n) is 3.76. The van der Waals surface area contributed by atoms with Gasteiger partial charge in [0.05, 0.1) is 0 Å². The number of nitrogens with one attached hydrogen (secondary N) is 1. The van der Waals surface area contributed by atoms with E-state index in [0.717, 1.165) is 12.0 Å². The molecule has 3 heteroatoms. The molecule has 3 nitrogen and oxygen atoms in total. The number of unbranched alkanes of at least 4 members (excludes halogenated alkanes) is 1. The fourth-order valence-electron chi connectivity index (χ4n) is 1.60. The summed E-state index contributed by atoms with van der Waals surface area (Å²) in [4.78, 5) is 11.9. The minimum absolute atomic E-state index is 0.0499. The molecule has 17 heavy (non-hydrogen) atoms. The lowest BCUT2D eigenvalue weighted by molar-refractivity contribution is 0.0952. The van der Waals surface area contributed by atoms with Crippen LogP contribution in [0.2, 0.25) is 0 Å². The van der Waals surface area contributed by atoms with Crippen molar-refractivity contribution in [1.82, 2.24) is 5.32 Å². The zero-order valence-electron chi connectivity index (χ0n) is 9.91. The molecule has 0 aliphatic carbocycles. The average Bonchev–Trinajstić information content (AvgIpc) is 2.35. The monoisotopic (exact) mass is 230 g/mol. The smallest absolute Gasteiger partial charge is 0.251 e. The predicted octanol–water partition coefficient (Wildman–Crippen LogP) is 1.33. The zero-order valence-corrected chi connectivity index (χ0v) is 9.91. The fraction of sp³-hybridized carbons (Fsp3) is 0.357. The number of amides is 1. The van der Waals surface area contributed by atoms with E-state index in [2.05, 4.69) is 11.2 Å². The number of hydrogen-bond acceptors (Lipinski definition) is 2. The molecule has 0 bridgehead atoms. The van der Waals surface area contributed by atoms with Crippen molar-refractivity contribution < 1.29 is 4.79 Å². The van der Waals surface area contributed by atoms with E-state index in [1.807, 2.05) is 24.3 Å². The van der Waals surface area contributed by atoms with Crippen LogP contribution in [-0.4, -0.2) is 19.0 Å². The summed E-state index contributed by atoms with van der Waals surface area (Å²) in [6.45, 7) is 1.15. The summed E-state index contributed by atoms with van der Waals surface area (Å²) < 4.78 is 0. The number of carbonyl (C=O) groups is 1. The Hall–Kier alpha value is -1.79. The molecule has 0 aromatic heterocycles. The van der Waals surface area contributed by atoms with Crippen LogP contribution in [0.3, 0.4) is 0 Å². The quantitative estimate of drug-likeness (QED) is 0.572. The van der Waals surface area contributed by atoms with Gasteiger partial charge >= 0.3 is 0 Å². The highest BCUT2D eigenvalue weighted by Crippen LogP contribution is 2.08. The van der Waals surface area contributed by atoms with Crippen LogP contribution >= 0.6 is 0 Å². The summed E-state index contributed by atoms with van der Waals surface area (Å²) in [6, 6.07) is 7.53. The molecule has 0 spiro atoms. The molecule has 0 atom stereocenters. The first-order chi connectivity index (χ1) is 8.29. The third kappa shape index (κ3) is 4.29. The maximum absolute atomic E-state index is 11.9. The van der Waals surface area contributed by atoms with Gasteiger partial charge in [-0.05, 0) is 31.0 Å². The second-order valence-corrected chi connectivity index (χ2v) is 3.76. The van der Waals surface area contributed by atoms with Gasteiger partial charge < -0.3 is 11.1 Å². The minimum Gasteiger partial charge on any atom is -0.352 e. The number of carbonyl (C=O) groups excluding carboxylic acids is 1. The Morgan fingerprint density at radius 1 is 1.41 bits per heavy atom. The molecule has 0 saturated heterocycles. The molecule has 0 unspecified atom stereocenters. The van der Waals surface area contributed by atoms with Crippen molar-refractivity contribution in [2.45, 2.75) is 19.3 Å². The van der Waals surface area contributed by atoms with E-state index >= 15 is 0 Å². The Morgan fingerprint density at radius 3 is 2.88 bits per heavy atom. The zero-order chi connectivity index (χ0) is 12.5. The Bertz CT molecular complexity index is 407. The number of benzene rings is 1. The lowest BCUT2D eigenvalue weighted by Gasteiger charge is -2.08. The summed E-state index contributed by atoms with van der Waals surface area (Å²) in [6.07, 6.45) is 7.35. The molecule has 0 aliphatic heterocycles. The van der Waals surface area contributed by atoms with Crippen LogP contribution < -0.4 is 11.1 Å². The summed E-state index contributed by atoms with van der Waals surface area (Å²) in [5, 5.41) is 2.86. The van der Waals surface area contributed by atoms with E-state index in [0.29, 0.717) is 31.5 Å². The standard InChI is InChI=1S/C14H18N2O/c1-2-3-6-11-16-14(17)13-8-5-4-7-12(13)9-10-15/h1,4-5,7-8H,3,6,9-11,15H2,(H,16,17). The molecule has 1 amide bonds. The van der Waals surface area contributed by atoms with E-state index in [9.17, 15) is 4.79 Å². The van der Waals surface area contributed by atoms with Crippen LogP contribution in [-0.2, 0) is 6.42 Å². The number of rotatable bonds is 6. The molecule has 1 rings (SSSR count). The van der Waals surface area contributed by atoms with Crippen molar-refractivity contribution >= 4 is 5.91 Å². The number of hydrogen-bond donors (Lipinski definition) is 2. The van der Waals surface area contributed by atoms with Crippen molar-refractivity contribution in [3.8, 4) is 12.3 Å². The van der Waals surface area contributed by atoms with Crippen molar-refractivity contribution in [3.05, 3.63) is 35.4 Å². The topological polar surface area (TPSA) is 55.1 Å². The van der Waals surface area contributed by atoms with Gasteiger partial charge in [0.1, 0.15) is 0 Å². The maximum atomic E-state index is 11.9. The van der Waals surface area contributed by atoms with Gasteiger partial charge in [-0.15, -0.1) is 12.3 Å². The van der Waals surface area contributed by atoms with Gasteiger partial charge in [0.15, 0.2) is 0 Å². The van der Waals surface area contributed by atoms with Gasteiger partial charge in [0.25, 0.3) is 5.91 Å². The number of terminal acetylenes is 1. The van der Waals surface area contributed by atoms with Crippen molar-refractivity contribution in [3.63, 3.8) is 0 Å². The normalized spacial score (nSPS) is 9.65. The van der Waals surface area contributed by atoms with Crippen LogP contribution in [0, 0.1) is 12.3 Å². The Labute approximate surface area is 102 Å². The first kappa shape index (κ1) is 13.3. The molecule has 90 valence electrons. The van der Waals surface area contributed by atoms with E-state index in [1.54, 1.807) is 0 Å². The van der Waals surface area contributed by atoms with E-state index in [-0.39, 0.29) is 5.91 Å². The van der Waals surface area contributed by atoms with Gasteiger partial charge in [-0.1, -0.05) is 18.2 Å². The molecular weight excluding hydrogens is 212 g/mol.